The summed E-state index contributed by atoms with van der Waals surface area (Å²) in [5.74, 6) is 0.715. The predicted molar refractivity (Wildman–Crippen MR) is 153 cm³/mol. The highest BCUT2D eigenvalue weighted by atomic mass is 15.1. The van der Waals surface area contributed by atoms with Gasteiger partial charge in [0.05, 0.1) is 0 Å². The molecule has 2 heteroatoms. The van der Waals surface area contributed by atoms with Gasteiger partial charge in [-0.15, -0.1) is 0 Å². The van der Waals surface area contributed by atoms with E-state index in [1.165, 1.54) is 134 Å². The second-order valence-electron chi connectivity index (χ2n) is 11.0. The van der Waals surface area contributed by atoms with Crippen LogP contribution in [0, 0.1) is 5.92 Å². The van der Waals surface area contributed by atoms with Crippen molar-refractivity contribution in [2.24, 2.45) is 5.92 Å². The van der Waals surface area contributed by atoms with Gasteiger partial charge < -0.3 is 0 Å². The molecule has 0 saturated heterocycles. The normalized spacial score (nSPS) is 13.2. The molecule has 2 rings (SSSR count). The first-order valence-electron chi connectivity index (χ1n) is 15.4. The Morgan fingerprint density at radius 1 is 0.629 bits per heavy atom. The molecule has 0 bridgehead atoms. The van der Waals surface area contributed by atoms with Crippen LogP contribution in [0.15, 0.2) is 49.1 Å². The highest BCUT2D eigenvalue weighted by Crippen LogP contribution is 2.29. The standard InChI is InChI=1S/C33H56N2/c1-3-5-7-9-10-11-12-13-14-15-16-17-22-26-33(35-28-27-34-30-35)32(25-21-8-6-4-2)29-31-23-19-18-20-24-31/h18-20,23-24,27-28,30,32-33H,3-17,21-22,25-26,29H2,1-2H3/p+1. The fourth-order valence-corrected chi connectivity index (χ4v) is 5.69. The Morgan fingerprint density at radius 2 is 1.14 bits per heavy atom. The molecule has 1 aromatic carbocycles. The number of hydrogen-bond donors (Lipinski definition) is 1. The van der Waals surface area contributed by atoms with E-state index in [2.05, 4.69) is 72.5 Å². The number of nitrogens with one attached hydrogen (secondary N) is 1. The van der Waals surface area contributed by atoms with Crippen molar-refractivity contribution in [2.75, 3.05) is 0 Å². The third-order valence-electron chi connectivity index (χ3n) is 7.87. The fraction of sp³-hybridized carbons (Fsp3) is 0.727. The zero-order valence-electron chi connectivity index (χ0n) is 23.4. The second-order valence-corrected chi connectivity index (χ2v) is 11.0. The van der Waals surface area contributed by atoms with Crippen LogP contribution in [0.4, 0.5) is 0 Å². The van der Waals surface area contributed by atoms with Crippen molar-refractivity contribution in [3.05, 3.63) is 54.6 Å². The maximum absolute atomic E-state index is 3.32. The average molecular weight is 482 g/mol. The van der Waals surface area contributed by atoms with Crippen LogP contribution in [-0.4, -0.2) is 4.98 Å². The summed E-state index contributed by atoms with van der Waals surface area (Å²) in [5, 5.41) is 0. The predicted octanol–water partition coefficient (Wildman–Crippen LogP) is 10.2. The lowest BCUT2D eigenvalue weighted by molar-refractivity contribution is -0.730. The number of aromatic nitrogens is 2. The first-order valence-corrected chi connectivity index (χ1v) is 15.4. The van der Waals surface area contributed by atoms with Crippen LogP contribution >= 0.6 is 0 Å². The van der Waals surface area contributed by atoms with Gasteiger partial charge in [0.1, 0.15) is 18.4 Å². The average Bonchev–Trinajstić information content (AvgIpc) is 3.42. The third-order valence-corrected chi connectivity index (χ3v) is 7.87. The van der Waals surface area contributed by atoms with Gasteiger partial charge in [-0.2, -0.15) is 0 Å². The molecule has 2 nitrogen and oxygen atoms in total. The Morgan fingerprint density at radius 3 is 1.69 bits per heavy atom. The summed E-state index contributed by atoms with van der Waals surface area (Å²) in [6.45, 7) is 4.62. The number of aromatic amines is 1. The molecular weight excluding hydrogens is 424 g/mol. The van der Waals surface area contributed by atoms with Crippen LogP contribution in [0.1, 0.15) is 147 Å². The number of benzene rings is 1. The molecule has 0 radical (unpaired) electrons. The molecule has 2 unspecified atom stereocenters. The summed E-state index contributed by atoms with van der Waals surface area (Å²) in [6.07, 6.45) is 34.4. The minimum absolute atomic E-state index is 0.607. The molecule has 0 aliphatic rings. The van der Waals surface area contributed by atoms with E-state index in [0.717, 1.165) is 0 Å². The summed E-state index contributed by atoms with van der Waals surface area (Å²) in [5.41, 5.74) is 1.50. The summed E-state index contributed by atoms with van der Waals surface area (Å²) < 4.78 is 2.48. The van der Waals surface area contributed by atoms with Crippen molar-refractivity contribution in [1.29, 1.82) is 0 Å². The van der Waals surface area contributed by atoms with Gasteiger partial charge in [-0.25, -0.2) is 4.57 Å². The smallest absolute Gasteiger partial charge is 0.241 e. The Hall–Kier alpha value is -1.57. The van der Waals surface area contributed by atoms with Crippen LogP contribution in [0.25, 0.3) is 0 Å². The lowest BCUT2D eigenvalue weighted by Crippen LogP contribution is -2.42. The molecule has 1 N–H and O–H groups in total. The van der Waals surface area contributed by atoms with Crippen molar-refractivity contribution in [3.63, 3.8) is 0 Å². The molecule has 0 amide bonds. The van der Waals surface area contributed by atoms with Crippen LogP contribution in [0.2, 0.25) is 0 Å². The lowest BCUT2D eigenvalue weighted by Gasteiger charge is -2.25. The molecule has 198 valence electrons. The van der Waals surface area contributed by atoms with Crippen LogP contribution in [0.3, 0.4) is 0 Å². The summed E-state index contributed by atoms with van der Waals surface area (Å²) in [6, 6.07) is 11.8. The SMILES string of the molecule is CCCCCCCCCCCCCCCC(C(CCCCCC)Cc1ccccc1)[n+]1cc[nH]c1. The zero-order chi connectivity index (χ0) is 24.8. The van der Waals surface area contributed by atoms with E-state index >= 15 is 0 Å². The minimum Gasteiger partial charge on any atom is -0.250 e. The summed E-state index contributed by atoms with van der Waals surface area (Å²) in [7, 11) is 0. The first kappa shape index (κ1) is 29.7. The van der Waals surface area contributed by atoms with Crippen molar-refractivity contribution >= 4 is 0 Å². The van der Waals surface area contributed by atoms with Gasteiger partial charge >= 0.3 is 0 Å². The molecule has 0 aliphatic heterocycles. The Kier molecular flexibility index (Phi) is 17.5. The minimum atomic E-state index is 0.607. The van der Waals surface area contributed by atoms with E-state index in [1.807, 2.05) is 0 Å². The van der Waals surface area contributed by atoms with E-state index in [-0.39, 0.29) is 0 Å². The molecule has 1 heterocycles. The van der Waals surface area contributed by atoms with Crippen molar-refractivity contribution in [1.82, 2.24) is 4.98 Å². The molecule has 2 aromatic rings. The number of hydrogen-bond acceptors (Lipinski definition) is 0. The van der Waals surface area contributed by atoms with Crippen LogP contribution in [-0.2, 0) is 6.42 Å². The monoisotopic (exact) mass is 481 g/mol. The van der Waals surface area contributed by atoms with Crippen LogP contribution < -0.4 is 4.57 Å². The van der Waals surface area contributed by atoms with E-state index in [0.29, 0.717) is 12.0 Å². The zero-order valence-corrected chi connectivity index (χ0v) is 23.4. The van der Waals surface area contributed by atoms with Crippen molar-refractivity contribution < 1.29 is 4.57 Å². The van der Waals surface area contributed by atoms with Gasteiger partial charge in [0.2, 0.25) is 6.33 Å². The lowest BCUT2D eigenvalue weighted by atomic mass is 9.84. The largest absolute Gasteiger partial charge is 0.250 e. The number of H-pyrrole nitrogens is 1. The van der Waals surface area contributed by atoms with Gasteiger partial charge in [-0.05, 0) is 31.2 Å². The first-order chi connectivity index (χ1) is 17.3. The molecule has 0 saturated carbocycles. The molecular formula is C33H57N2+. The van der Waals surface area contributed by atoms with E-state index in [1.54, 1.807) is 0 Å². The van der Waals surface area contributed by atoms with E-state index in [4.69, 9.17) is 0 Å². The molecule has 2 atom stereocenters. The van der Waals surface area contributed by atoms with Crippen molar-refractivity contribution in [3.8, 4) is 0 Å². The van der Waals surface area contributed by atoms with Gasteiger partial charge in [0, 0.05) is 5.92 Å². The van der Waals surface area contributed by atoms with E-state index < -0.39 is 0 Å². The van der Waals surface area contributed by atoms with Gasteiger partial charge in [-0.1, -0.05) is 147 Å². The van der Waals surface area contributed by atoms with E-state index in [9.17, 15) is 0 Å². The number of imidazole rings is 1. The third kappa shape index (κ3) is 13.9. The Balaban J connectivity index is 1.73. The molecule has 0 spiro atoms. The highest BCUT2D eigenvalue weighted by molar-refractivity contribution is 5.15. The summed E-state index contributed by atoms with van der Waals surface area (Å²) in [4.78, 5) is 3.32. The quantitative estimate of drug-likeness (QED) is 0.120. The Bertz CT molecular complexity index is 678. The summed E-state index contributed by atoms with van der Waals surface area (Å²) >= 11 is 0. The van der Waals surface area contributed by atoms with Gasteiger partial charge in [-0.3, -0.25) is 4.98 Å². The number of unbranched alkanes of at least 4 members (excludes halogenated alkanes) is 15. The molecule has 1 aromatic heterocycles. The molecule has 0 fully saturated rings. The molecule has 35 heavy (non-hydrogen) atoms. The number of rotatable bonds is 23. The number of nitrogens with zero attached hydrogens (tertiary/aromatic N) is 1. The maximum atomic E-state index is 3.32. The molecule has 0 aliphatic carbocycles. The second kappa shape index (κ2) is 20.6. The fourth-order valence-electron chi connectivity index (χ4n) is 5.69. The Labute approximate surface area is 218 Å². The highest BCUT2D eigenvalue weighted by Gasteiger charge is 2.26. The van der Waals surface area contributed by atoms with Crippen LogP contribution in [0.5, 0.6) is 0 Å². The van der Waals surface area contributed by atoms with Gasteiger partial charge in [0.25, 0.3) is 0 Å². The maximum Gasteiger partial charge on any atom is 0.241 e. The van der Waals surface area contributed by atoms with Gasteiger partial charge in [0.15, 0.2) is 0 Å². The van der Waals surface area contributed by atoms with Crippen molar-refractivity contribution in [2.45, 2.75) is 148 Å². The topological polar surface area (TPSA) is 19.7 Å².